The van der Waals surface area contributed by atoms with E-state index < -0.39 is 11.0 Å². The summed E-state index contributed by atoms with van der Waals surface area (Å²) in [6.45, 7) is 1.83. The maximum Gasteiger partial charge on any atom is 0.139 e. The summed E-state index contributed by atoms with van der Waals surface area (Å²) < 4.78 is 13.7. The van der Waals surface area contributed by atoms with Crippen molar-refractivity contribution in [2.45, 2.75) is 6.92 Å². The summed E-state index contributed by atoms with van der Waals surface area (Å²) in [5.74, 6) is 1.09. The van der Waals surface area contributed by atoms with Crippen LogP contribution < -0.4 is 4.72 Å². The minimum Gasteiger partial charge on any atom is -0.289 e. The van der Waals surface area contributed by atoms with Crippen LogP contribution in [0.4, 0.5) is 5.82 Å². The zero-order chi connectivity index (χ0) is 8.97. The van der Waals surface area contributed by atoms with Crippen LogP contribution >= 0.6 is 11.6 Å². The van der Waals surface area contributed by atoms with Gasteiger partial charge in [0.1, 0.15) is 22.0 Å². The normalized spacial score (nSPS) is 12.5. The summed E-state index contributed by atoms with van der Waals surface area (Å²) in [6, 6.07) is 5.14. The molecule has 1 N–H and O–H groups in total. The summed E-state index contributed by atoms with van der Waals surface area (Å²) in [5, 5.41) is 0.396. The third-order valence-electron chi connectivity index (χ3n) is 1.20. The average molecular weight is 205 g/mol. The van der Waals surface area contributed by atoms with Gasteiger partial charge in [0.05, 0.1) is 0 Å². The molecule has 66 valence electrons. The SMILES string of the molecule is CCS(=O)Nc1cccc(Cl)n1. The maximum atomic E-state index is 11.0. The number of rotatable bonds is 3. The molecule has 0 amide bonds. The lowest BCUT2D eigenvalue weighted by atomic mass is 10.5. The number of anilines is 1. The van der Waals surface area contributed by atoms with Gasteiger partial charge < -0.3 is 0 Å². The molecule has 0 bridgehead atoms. The summed E-state index contributed by atoms with van der Waals surface area (Å²) >= 11 is 5.62. The van der Waals surface area contributed by atoms with Crippen LogP contribution in [0.3, 0.4) is 0 Å². The van der Waals surface area contributed by atoms with E-state index >= 15 is 0 Å². The molecule has 5 heteroatoms. The second-order valence-electron chi connectivity index (χ2n) is 2.08. The minimum absolute atomic E-state index is 0.396. The first kappa shape index (κ1) is 9.48. The first-order valence-electron chi connectivity index (χ1n) is 3.50. The Morgan fingerprint density at radius 3 is 3.00 bits per heavy atom. The maximum absolute atomic E-state index is 11.0. The van der Waals surface area contributed by atoms with Crippen molar-refractivity contribution in [1.82, 2.24) is 4.98 Å². The van der Waals surface area contributed by atoms with Crippen molar-refractivity contribution in [2.75, 3.05) is 10.5 Å². The quantitative estimate of drug-likeness (QED) is 0.764. The number of pyridine rings is 1. The molecular formula is C7H9ClN2OS. The molecule has 1 rings (SSSR count). The number of nitrogens with one attached hydrogen (secondary N) is 1. The summed E-state index contributed by atoms with van der Waals surface area (Å²) in [5.41, 5.74) is 0. The van der Waals surface area contributed by atoms with E-state index in [0.29, 0.717) is 16.7 Å². The van der Waals surface area contributed by atoms with Crippen molar-refractivity contribution in [2.24, 2.45) is 0 Å². The lowest BCUT2D eigenvalue weighted by Crippen LogP contribution is -2.07. The van der Waals surface area contributed by atoms with Gasteiger partial charge in [0.2, 0.25) is 0 Å². The van der Waals surface area contributed by atoms with E-state index in [-0.39, 0.29) is 0 Å². The van der Waals surface area contributed by atoms with Crippen LogP contribution in [0.25, 0.3) is 0 Å². The Labute approximate surface area is 78.7 Å². The van der Waals surface area contributed by atoms with Crippen molar-refractivity contribution < 1.29 is 4.21 Å². The summed E-state index contributed by atoms with van der Waals surface area (Å²) in [7, 11) is -1.06. The molecule has 1 aromatic heterocycles. The molecular weight excluding hydrogens is 196 g/mol. The third-order valence-corrected chi connectivity index (χ3v) is 2.37. The molecule has 12 heavy (non-hydrogen) atoms. The van der Waals surface area contributed by atoms with Crippen molar-refractivity contribution in [3.63, 3.8) is 0 Å². The van der Waals surface area contributed by atoms with Crippen LogP contribution in [0, 0.1) is 0 Å². The highest BCUT2D eigenvalue weighted by Gasteiger charge is 1.97. The first-order chi connectivity index (χ1) is 5.72. The van der Waals surface area contributed by atoms with Gasteiger partial charge in [0.25, 0.3) is 0 Å². The fraction of sp³-hybridized carbons (Fsp3) is 0.286. The van der Waals surface area contributed by atoms with Crippen LogP contribution in [0.15, 0.2) is 18.2 Å². The molecule has 0 saturated carbocycles. The van der Waals surface area contributed by atoms with E-state index in [1.54, 1.807) is 18.2 Å². The highest BCUT2D eigenvalue weighted by Crippen LogP contribution is 2.09. The van der Waals surface area contributed by atoms with Gasteiger partial charge in [-0.25, -0.2) is 9.19 Å². The molecule has 1 unspecified atom stereocenters. The Balaban J connectivity index is 2.69. The monoisotopic (exact) mass is 204 g/mol. The summed E-state index contributed by atoms with van der Waals surface area (Å²) in [6.07, 6.45) is 0. The standard InChI is InChI=1S/C7H9ClN2OS/c1-2-12(11)10-7-5-3-4-6(8)9-7/h3-5H,2H2,1H3,(H,9,10). The molecule has 0 aliphatic heterocycles. The fourth-order valence-corrected chi connectivity index (χ4v) is 1.31. The van der Waals surface area contributed by atoms with Gasteiger partial charge in [-0.3, -0.25) is 4.72 Å². The number of hydrogen-bond donors (Lipinski definition) is 1. The molecule has 1 atom stereocenters. The predicted molar refractivity (Wildman–Crippen MR) is 51.6 cm³/mol. The van der Waals surface area contributed by atoms with Crippen molar-refractivity contribution in [3.8, 4) is 0 Å². The van der Waals surface area contributed by atoms with Gasteiger partial charge in [-0.2, -0.15) is 0 Å². The Bertz CT molecular complexity index is 292. The van der Waals surface area contributed by atoms with Crippen LogP contribution in [-0.4, -0.2) is 14.9 Å². The summed E-state index contributed by atoms with van der Waals surface area (Å²) in [4.78, 5) is 3.92. The fourth-order valence-electron chi connectivity index (χ4n) is 0.654. The minimum atomic E-state index is -1.06. The van der Waals surface area contributed by atoms with E-state index in [0.717, 1.165) is 0 Å². The number of hydrogen-bond acceptors (Lipinski definition) is 2. The topological polar surface area (TPSA) is 42.0 Å². The first-order valence-corrected chi connectivity index (χ1v) is 5.19. The zero-order valence-corrected chi connectivity index (χ0v) is 8.15. The lowest BCUT2D eigenvalue weighted by Gasteiger charge is -2.01. The molecule has 0 aromatic carbocycles. The van der Waals surface area contributed by atoms with Crippen LogP contribution in [-0.2, 0) is 11.0 Å². The second kappa shape index (κ2) is 4.42. The molecule has 0 radical (unpaired) electrons. The highest BCUT2D eigenvalue weighted by atomic mass is 35.5. The molecule has 0 fully saturated rings. The largest absolute Gasteiger partial charge is 0.289 e. The highest BCUT2D eigenvalue weighted by molar-refractivity contribution is 7.86. The van der Waals surface area contributed by atoms with Gasteiger partial charge in [-0.1, -0.05) is 24.6 Å². The van der Waals surface area contributed by atoms with E-state index in [2.05, 4.69) is 9.71 Å². The Kier molecular flexibility index (Phi) is 3.49. The van der Waals surface area contributed by atoms with Gasteiger partial charge in [0.15, 0.2) is 0 Å². The van der Waals surface area contributed by atoms with Crippen molar-refractivity contribution in [3.05, 3.63) is 23.4 Å². The van der Waals surface area contributed by atoms with Gasteiger partial charge in [-0.15, -0.1) is 0 Å². The molecule has 0 spiro atoms. The molecule has 0 aliphatic carbocycles. The Morgan fingerprint density at radius 1 is 1.67 bits per heavy atom. The average Bonchev–Trinajstić information content (AvgIpc) is 2.04. The molecule has 0 aliphatic rings. The third kappa shape index (κ3) is 2.79. The van der Waals surface area contributed by atoms with E-state index in [1.165, 1.54) is 0 Å². The second-order valence-corrected chi connectivity index (χ2v) is 3.94. The zero-order valence-electron chi connectivity index (χ0n) is 6.58. The van der Waals surface area contributed by atoms with Crippen LogP contribution in [0.5, 0.6) is 0 Å². The van der Waals surface area contributed by atoms with Gasteiger partial charge >= 0.3 is 0 Å². The van der Waals surface area contributed by atoms with Crippen molar-refractivity contribution in [1.29, 1.82) is 0 Å². The molecule has 0 saturated heterocycles. The Morgan fingerprint density at radius 2 is 2.42 bits per heavy atom. The molecule has 1 aromatic rings. The van der Waals surface area contributed by atoms with E-state index in [1.807, 2.05) is 6.92 Å². The molecule has 1 heterocycles. The Hall–Kier alpha value is -0.610. The molecule has 3 nitrogen and oxygen atoms in total. The number of halogens is 1. The smallest absolute Gasteiger partial charge is 0.139 e. The van der Waals surface area contributed by atoms with Gasteiger partial charge in [-0.05, 0) is 12.1 Å². The predicted octanol–water partition coefficient (Wildman–Crippen LogP) is 1.83. The van der Waals surface area contributed by atoms with Crippen molar-refractivity contribution >= 4 is 28.4 Å². The lowest BCUT2D eigenvalue weighted by molar-refractivity contribution is 0.687. The van der Waals surface area contributed by atoms with Crippen LogP contribution in [0.1, 0.15) is 6.92 Å². The number of nitrogens with zero attached hydrogens (tertiary/aromatic N) is 1. The van der Waals surface area contributed by atoms with E-state index in [9.17, 15) is 4.21 Å². The van der Waals surface area contributed by atoms with E-state index in [4.69, 9.17) is 11.6 Å². The van der Waals surface area contributed by atoms with Gasteiger partial charge in [0, 0.05) is 5.75 Å². The number of aromatic nitrogens is 1. The van der Waals surface area contributed by atoms with Crippen LogP contribution in [0.2, 0.25) is 5.15 Å².